The van der Waals surface area contributed by atoms with E-state index in [9.17, 15) is 4.79 Å². The molecular weight excluding hydrogens is 367 g/mol. The first kappa shape index (κ1) is 21.8. The molecule has 0 aliphatic heterocycles. The molecule has 0 rings (SSSR count). The van der Waals surface area contributed by atoms with E-state index in [-0.39, 0.29) is 29.9 Å². The molecule has 0 aromatic carbocycles. The highest BCUT2D eigenvalue weighted by atomic mass is 127. The molecule has 0 fully saturated rings. The quantitative estimate of drug-likeness (QED) is 0.241. The standard InChI is InChI=1S/C14H30N4O.HI/c1-5-7-8-9-10-17-13(16-6-2)18-11-14(3,4)12(15)19;/h5-11H2,1-4H3,(H2,15,19)(H2,16,17,18);1H. The van der Waals surface area contributed by atoms with Crippen LogP contribution < -0.4 is 16.4 Å². The fourth-order valence-electron chi connectivity index (χ4n) is 1.45. The van der Waals surface area contributed by atoms with Crippen LogP contribution in [0.2, 0.25) is 0 Å². The van der Waals surface area contributed by atoms with Crippen molar-refractivity contribution in [3.63, 3.8) is 0 Å². The lowest BCUT2D eigenvalue weighted by Crippen LogP contribution is -2.40. The van der Waals surface area contributed by atoms with Gasteiger partial charge in [-0.25, -0.2) is 0 Å². The van der Waals surface area contributed by atoms with Crippen LogP contribution in [-0.4, -0.2) is 31.5 Å². The Labute approximate surface area is 140 Å². The first-order valence-electron chi connectivity index (χ1n) is 7.26. The van der Waals surface area contributed by atoms with E-state index in [1.807, 2.05) is 20.8 Å². The van der Waals surface area contributed by atoms with Gasteiger partial charge >= 0.3 is 0 Å². The lowest BCUT2D eigenvalue weighted by atomic mass is 9.93. The minimum Gasteiger partial charge on any atom is -0.369 e. The van der Waals surface area contributed by atoms with Crippen LogP contribution in [0.25, 0.3) is 0 Å². The van der Waals surface area contributed by atoms with Gasteiger partial charge in [0.1, 0.15) is 0 Å². The van der Waals surface area contributed by atoms with Crippen LogP contribution in [0.4, 0.5) is 0 Å². The number of hydrogen-bond acceptors (Lipinski definition) is 2. The molecule has 0 aromatic heterocycles. The highest BCUT2D eigenvalue weighted by Crippen LogP contribution is 2.13. The Morgan fingerprint density at radius 1 is 1.15 bits per heavy atom. The molecule has 0 atom stereocenters. The smallest absolute Gasteiger partial charge is 0.224 e. The maximum atomic E-state index is 11.2. The fourth-order valence-corrected chi connectivity index (χ4v) is 1.45. The van der Waals surface area contributed by atoms with Gasteiger partial charge in [-0.1, -0.05) is 26.2 Å². The van der Waals surface area contributed by atoms with Gasteiger partial charge < -0.3 is 16.4 Å². The molecule has 0 saturated heterocycles. The van der Waals surface area contributed by atoms with E-state index < -0.39 is 5.41 Å². The zero-order valence-corrected chi connectivity index (χ0v) is 15.6. The maximum absolute atomic E-state index is 11.2. The van der Waals surface area contributed by atoms with Crippen molar-refractivity contribution in [2.45, 2.75) is 53.4 Å². The molecule has 6 heteroatoms. The Bertz CT molecular complexity index is 293. The number of unbranched alkanes of at least 4 members (excludes halogenated alkanes) is 3. The molecular formula is C14H31IN4O. The molecule has 20 heavy (non-hydrogen) atoms. The molecule has 0 radical (unpaired) electrons. The van der Waals surface area contributed by atoms with Gasteiger partial charge in [-0.15, -0.1) is 24.0 Å². The van der Waals surface area contributed by atoms with Gasteiger partial charge in [-0.2, -0.15) is 0 Å². The third-order valence-electron chi connectivity index (χ3n) is 2.97. The van der Waals surface area contributed by atoms with Crippen molar-refractivity contribution in [1.29, 1.82) is 0 Å². The van der Waals surface area contributed by atoms with E-state index >= 15 is 0 Å². The first-order valence-corrected chi connectivity index (χ1v) is 7.26. The van der Waals surface area contributed by atoms with Crippen LogP contribution in [0, 0.1) is 5.41 Å². The summed E-state index contributed by atoms with van der Waals surface area (Å²) < 4.78 is 0. The number of primary amides is 1. The summed E-state index contributed by atoms with van der Waals surface area (Å²) in [6.07, 6.45) is 4.87. The molecule has 0 bridgehead atoms. The van der Waals surface area contributed by atoms with Crippen molar-refractivity contribution in [3.8, 4) is 0 Å². The van der Waals surface area contributed by atoms with E-state index in [0.29, 0.717) is 6.54 Å². The second kappa shape index (κ2) is 12.2. The number of aliphatic imine (C=N–C) groups is 1. The molecule has 0 heterocycles. The molecule has 1 amide bonds. The van der Waals surface area contributed by atoms with Crippen molar-refractivity contribution in [3.05, 3.63) is 0 Å². The summed E-state index contributed by atoms with van der Waals surface area (Å²) in [6, 6.07) is 0. The summed E-state index contributed by atoms with van der Waals surface area (Å²) in [5.74, 6) is 0.434. The molecule has 0 spiro atoms. The summed E-state index contributed by atoms with van der Waals surface area (Å²) in [5, 5.41) is 6.45. The molecule has 0 unspecified atom stereocenters. The summed E-state index contributed by atoms with van der Waals surface area (Å²) >= 11 is 0. The van der Waals surface area contributed by atoms with E-state index in [1.165, 1.54) is 19.3 Å². The molecule has 0 saturated carbocycles. The van der Waals surface area contributed by atoms with Gasteiger partial charge in [0, 0.05) is 13.1 Å². The molecule has 120 valence electrons. The Kier molecular flexibility index (Phi) is 13.3. The van der Waals surface area contributed by atoms with Crippen molar-refractivity contribution in [1.82, 2.24) is 10.6 Å². The Morgan fingerprint density at radius 2 is 1.80 bits per heavy atom. The van der Waals surface area contributed by atoms with Crippen LogP contribution in [0.3, 0.4) is 0 Å². The number of guanidine groups is 1. The maximum Gasteiger partial charge on any atom is 0.224 e. The molecule has 0 aliphatic carbocycles. The number of halogens is 1. The van der Waals surface area contributed by atoms with Crippen LogP contribution in [0.5, 0.6) is 0 Å². The Morgan fingerprint density at radius 3 is 2.30 bits per heavy atom. The van der Waals surface area contributed by atoms with Crippen molar-refractivity contribution in [2.24, 2.45) is 16.1 Å². The second-order valence-corrected chi connectivity index (χ2v) is 5.43. The SMILES string of the molecule is CCCCCCNC(=NCC(C)(C)C(N)=O)NCC.I. The van der Waals surface area contributed by atoms with E-state index in [2.05, 4.69) is 22.5 Å². The molecule has 0 aliphatic rings. The summed E-state index contributed by atoms with van der Waals surface area (Å²) in [6.45, 7) is 9.94. The molecule has 0 aromatic rings. The van der Waals surface area contributed by atoms with Gasteiger partial charge in [-0.3, -0.25) is 9.79 Å². The topological polar surface area (TPSA) is 79.5 Å². The second-order valence-electron chi connectivity index (χ2n) is 5.43. The monoisotopic (exact) mass is 398 g/mol. The molecule has 5 nitrogen and oxygen atoms in total. The number of nitrogens with two attached hydrogens (primary N) is 1. The van der Waals surface area contributed by atoms with Crippen molar-refractivity contribution in [2.75, 3.05) is 19.6 Å². The highest BCUT2D eigenvalue weighted by molar-refractivity contribution is 14.0. The minimum atomic E-state index is -0.607. The van der Waals surface area contributed by atoms with Gasteiger partial charge in [0.05, 0.1) is 12.0 Å². The Balaban J connectivity index is 0. The van der Waals surface area contributed by atoms with E-state index in [4.69, 9.17) is 5.73 Å². The number of rotatable bonds is 9. The number of amides is 1. The normalized spacial score (nSPS) is 11.7. The third kappa shape index (κ3) is 10.3. The minimum absolute atomic E-state index is 0. The number of carbonyl (C=O) groups excluding carboxylic acids is 1. The van der Waals surface area contributed by atoms with Gasteiger partial charge in [0.2, 0.25) is 5.91 Å². The van der Waals surface area contributed by atoms with Crippen molar-refractivity contribution < 1.29 is 4.79 Å². The zero-order chi connectivity index (χ0) is 14.7. The lowest BCUT2D eigenvalue weighted by molar-refractivity contribution is -0.125. The summed E-state index contributed by atoms with van der Waals surface area (Å²) in [7, 11) is 0. The van der Waals surface area contributed by atoms with Gasteiger partial charge in [-0.05, 0) is 27.2 Å². The lowest BCUT2D eigenvalue weighted by Gasteiger charge is -2.19. The predicted octanol–water partition coefficient (Wildman–Crippen LogP) is 2.25. The number of carbonyl (C=O) groups is 1. The molecule has 4 N–H and O–H groups in total. The van der Waals surface area contributed by atoms with E-state index in [0.717, 1.165) is 25.5 Å². The van der Waals surface area contributed by atoms with Gasteiger partial charge in [0.15, 0.2) is 5.96 Å². The zero-order valence-electron chi connectivity index (χ0n) is 13.3. The third-order valence-corrected chi connectivity index (χ3v) is 2.97. The number of hydrogen-bond donors (Lipinski definition) is 3. The van der Waals surface area contributed by atoms with Crippen LogP contribution in [0.1, 0.15) is 53.4 Å². The first-order chi connectivity index (χ1) is 8.94. The Hall–Kier alpha value is -0.530. The van der Waals surface area contributed by atoms with E-state index in [1.54, 1.807) is 0 Å². The predicted molar refractivity (Wildman–Crippen MR) is 96.5 cm³/mol. The summed E-state index contributed by atoms with van der Waals surface area (Å²) in [5.41, 5.74) is 4.73. The highest BCUT2D eigenvalue weighted by Gasteiger charge is 2.24. The largest absolute Gasteiger partial charge is 0.369 e. The average Bonchev–Trinajstić information content (AvgIpc) is 2.35. The fraction of sp³-hybridized carbons (Fsp3) is 0.857. The van der Waals surface area contributed by atoms with Crippen LogP contribution >= 0.6 is 24.0 Å². The van der Waals surface area contributed by atoms with Crippen LogP contribution in [-0.2, 0) is 4.79 Å². The number of nitrogens with zero attached hydrogens (tertiary/aromatic N) is 1. The average molecular weight is 398 g/mol. The van der Waals surface area contributed by atoms with Crippen LogP contribution in [0.15, 0.2) is 4.99 Å². The van der Waals surface area contributed by atoms with Crippen molar-refractivity contribution >= 4 is 35.8 Å². The summed E-state index contributed by atoms with van der Waals surface area (Å²) in [4.78, 5) is 15.7. The number of nitrogens with one attached hydrogen (secondary N) is 2. The van der Waals surface area contributed by atoms with Gasteiger partial charge in [0.25, 0.3) is 0 Å².